The third-order valence-electron chi connectivity index (χ3n) is 8.19. The quantitative estimate of drug-likeness (QED) is 0.0597. The highest BCUT2D eigenvalue weighted by Crippen LogP contribution is 2.44. The predicted molar refractivity (Wildman–Crippen MR) is 191 cm³/mol. The van der Waals surface area contributed by atoms with E-state index in [1.54, 1.807) is 0 Å². The summed E-state index contributed by atoms with van der Waals surface area (Å²) < 4.78 is 49.8. The molecule has 0 aromatic carbocycles. The van der Waals surface area contributed by atoms with Crippen molar-refractivity contribution < 1.29 is 42.3 Å². The van der Waals surface area contributed by atoms with Gasteiger partial charge in [0.1, 0.15) is 11.9 Å². The van der Waals surface area contributed by atoms with Crippen LogP contribution in [0.2, 0.25) is 0 Å². The van der Waals surface area contributed by atoms with E-state index in [4.69, 9.17) is 14.5 Å². The molecule has 3 atom stereocenters. The maximum absolute atomic E-state index is 14.7. The van der Waals surface area contributed by atoms with Crippen LogP contribution in [0.25, 0.3) is 0 Å². The second-order valence-corrected chi connectivity index (χ2v) is 14.4. The lowest BCUT2D eigenvalue weighted by Crippen LogP contribution is -2.42. The molecule has 0 unspecified atom stereocenters. The van der Waals surface area contributed by atoms with Gasteiger partial charge >= 0.3 is 19.4 Å². The van der Waals surface area contributed by atoms with Gasteiger partial charge in [0.2, 0.25) is 12.1 Å². The number of nitrogens with one attached hydrogen (secondary N) is 1. The molecule has 11 nitrogen and oxygen atoms in total. The summed E-state index contributed by atoms with van der Waals surface area (Å²) in [5.74, 6) is -4.57. The van der Waals surface area contributed by atoms with Gasteiger partial charge in [-0.15, -0.1) is 0 Å². The number of alkyl halides is 2. The minimum absolute atomic E-state index is 0.121. The highest BCUT2D eigenvalue weighted by molar-refractivity contribution is 7.46. The number of anilines is 1. The van der Waals surface area contributed by atoms with Gasteiger partial charge in [-0.25, -0.2) is 9.36 Å². The van der Waals surface area contributed by atoms with E-state index in [1.165, 1.54) is 22.3 Å². The molecule has 0 radical (unpaired) electrons. The summed E-state index contributed by atoms with van der Waals surface area (Å²) in [6.07, 6.45) is 14.4. The van der Waals surface area contributed by atoms with Gasteiger partial charge < -0.3 is 24.9 Å². The first kappa shape index (κ1) is 43.1. The third-order valence-corrected chi connectivity index (χ3v) is 8.67. The molecule has 14 heteroatoms. The summed E-state index contributed by atoms with van der Waals surface area (Å²) in [6.45, 7) is 11.7. The molecular formula is C36H54F2N3O8P. The largest absolute Gasteiger partial charge is 0.469 e. The number of carbonyl (C=O) groups is 1. The summed E-state index contributed by atoms with van der Waals surface area (Å²) in [4.78, 5) is 46.2. The number of phosphoric ester groups is 1. The van der Waals surface area contributed by atoms with Gasteiger partial charge in [-0.2, -0.15) is 13.8 Å². The molecule has 1 fully saturated rings. The Kier molecular flexibility index (Phi) is 17.9. The zero-order valence-corrected chi connectivity index (χ0v) is 30.9. The van der Waals surface area contributed by atoms with Crippen LogP contribution >= 0.6 is 7.82 Å². The molecule has 1 aliphatic heterocycles. The Bertz CT molecular complexity index is 1540. The van der Waals surface area contributed by atoms with Gasteiger partial charge in [-0.05, 0) is 105 Å². The summed E-state index contributed by atoms with van der Waals surface area (Å²) >= 11 is 0. The van der Waals surface area contributed by atoms with E-state index in [9.17, 15) is 28.0 Å². The smallest absolute Gasteiger partial charge is 0.384 e. The number of aliphatic hydroxyl groups excluding tert-OH is 1. The van der Waals surface area contributed by atoms with Gasteiger partial charge in [0, 0.05) is 12.6 Å². The van der Waals surface area contributed by atoms with Crippen molar-refractivity contribution in [1.82, 2.24) is 9.55 Å². The highest BCUT2D eigenvalue weighted by Gasteiger charge is 2.60. The minimum Gasteiger partial charge on any atom is -0.384 e. The summed E-state index contributed by atoms with van der Waals surface area (Å²) in [5.41, 5.74) is 5.39. The molecule has 1 aliphatic rings. The first-order valence-corrected chi connectivity index (χ1v) is 18.5. The van der Waals surface area contributed by atoms with E-state index in [1.807, 2.05) is 6.92 Å². The molecule has 2 heterocycles. The average molecular weight is 726 g/mol. The van der Waals surface area contributed by atoms with E-state index in [2.05, 4.69) is 79.8 Å². The van der Waals surface area contributed by atoms with Crippen LogP contribution < -0.4 is 11.0 Å². The first-order chi connectivity index (χ1) is 23.4. The summed E-state index contributed by atoms with van der Waals surface area (Å²) in [5, 5.41) is 12.4. The molecule has 0 saturated carbocycles. The number of allylic oxidation sites excluding steroid dienone is 10. The van der Waals surface area contributed by atoms with Crippen LogP contribution in [0.1, 0.15) is 112 Å². The molecule has 280 valence electrons. The van der Waals surface area contributed by atoms with Crippen molar-refractivity contribution in [2.75, 3.05) is 11.9 Å². The average Bonchev–Trinajstić information content (AvgIpc) is 3.24. The van der Waals surface area contributed by atoms with E-state index >= 15 is 0 Å². The number of rotatable bonds is 20. The lowest BCUT2D eigenvalue weighted by Gasteiger charge is -2.21. The third kappa shape index (κ3) is 15.9. The molecule has 50 heavy (non-hydrogen) atoms. The Morgan fingerprint density at radius 2 is 1.40 bits per heavy atom. The van der Waals surface area contributed by atoms with Crippen molar-refractivity contribution in [3.63, 3.8) is 0 Å². The second kappa shape index (κ2) is 20.7. The summed E-state index contributed by atoms with van der Waals surface area (Å²) in [6, 6.07) is 1.13. The number of aliphatic hydroxyl groups is 1. The van der Waals surface area contributed by atoms with E-state index < -0.39 is 50.4 Å². The zero-order chi connectivity index (χ0) is 37.5. The van der Waals surface area contributed by atoms with E-state index in [0.717, 1.165) is 69.2 Å². The Balaban J connectivity index is 1.74. The van der Waals surface area contributed by atoms with Gasteiger partial charge in [0.15, 0.2) is 6.10 Å². The number of ether oxygens (including phenoxy) is 1. The van der Waals surface area contributed by atoms with Crippen LogP contribution in [0, 0.1) is 0 Å². The van der Waals surface area contributed by atoms with Crippen molar-refractivity contribution in [3.05, 3.63) is 81.0 Å². The number of phosphoric acid groups is 1. The second-order valence-electron chi connectivity index (χ2n) is 13.2. The number of nitrogens with zero attached hydrogens (tertiary/aromatic N) is 2. The lowest BCUT2D eigenvalue weighted by atomic mass is 10.0. The molecule has 0 bridgehead atoms. The number of unbranched alkanes of at least 4 members (excludes halogenated alkanes) is 1. The Morgan fingerprint density at radius 1 is 0.900 bits per heavy atom. The Labute approximate surface area is 294 Å². The molecule has 4 N–H and O–H groups in total. The molecule has 1 amide bonds. The van der Waals surface area contributed by atoms with Crippen molar-refractivity contribution >= 4 is 19.5 Å². The van der Waals surface area contributed by atoms with Crippen molar-refractivity contribution in [1.29, 1.82) is 0 Å². The fourth-order valence-electron chi connectivity index (χ4n) is 5.20. The summed E-state index contributed by atoms with van der Waals surface area (Å²) in [7, 11) is -5.01. The molecule has 1 aromatic heterocycles. The minimum atomic E-state index is -5.01. The highest BCUT2D eigenvalue weighted by atomic mass is 31.2. The number of halogens is 2. The number of aromatic nitrogens is 2. The monoisotopic (exact) mass is 725 g/mol. The SMILES string of the molecule is CC(C)=CCC/C(C)=C/CC/C(C)=C/CC/C=C(\C)CC/C=C(\C)CCC(=O)Nc1ccn([C@@H]2O[C@H](COP(=O)(O)O)[C@@H](O)C2(F)F)c(=O)n1. The number of hydrogen-bond donors (Lipinski definition) is 4. The number of hydrogen-bond acceptors (Lipinski definition) is 7. The maximum atomic E-state index is 14.7. The maximum Gasteiger partial charge on any atom is 0.469 e. The zero-order valence-electron chi connectivity index (χ0n) is 30.0. The van der Waals surface area contributed by atoms with Crippen molar-refractivity contribution in [3.8, 4) is 0 Å². The fourth-order valence-corrected chi connectivity index (χ4v) is 5.54. The molecule has 1 saturated heterocycles. The Hall–Kier alpha value is -3.06. The van der Waals surface area contributed by atoms with Gasteiger partial charge in [0.05, 0.1) is 6.61 Å². The normalized spacial score (nSPS) is 20.3. The Morgan fingerprint density at radius 3 is 1.90 bits per heavy atom. The number of amides is 1. The van der Waals surface area contributed by atoms with Gasteiger partial charge in [-0.3, -0.25) is 13.9 Å². The van der Waals surface area contributed by atoms with Gasteiger partial charge in [0.25, 0.3) is 0 Å². The van der Waals surface area contributed by atoms with Crippen LogP contribution in [-0.4, -0.2) is 55.1 Å². The molecular weight excluding hydrogens is 671 g/mol. The van der Waals surface area contributed by atoms with E-state index in [-0.39, 0.29) is 12.2 Å². The standard InChI is InChI=1S/C36H54F2N3O8P/c1-25(2)12-9-15-28(5)18-10-16-26(3)13-7-8-14-27(4)17-11-19-29(6)20-21-32(42)39-31-22-23-41(35(44)40-31)34-36(37,38)33(43)30(49-34)24-48-50(45,46)47/h12-14,18-19,22-23,30,33-34,43H,7-11,15-17,20-21,24H2,1-6H3,(H2,45,46,47)(H,39,40,42,44)/b26-13+,27-14+,28-18+,29-19+/t30-,33-,34-/m1/s1. The van der Waals surface area contributed by atoms with Crippen LogP contribution in [0.15, 0.2) is 75.3 Å². The van der Waals surface area contributed by atoms with Crippen LogP contribution in [0.3, 0.4) is 0 Å². The van der Waals surface area contributed by atoms with E-state index in [0.29, 0.717) is 11.0 Å². The van der Waals surface area contributed by atoms with Crippen molar-refractivity contribution in [2.45, 2.75) is 130 Å². The molecule has 1 aromatic rings. The van der Waals surface area contributed by atoms with Crippen LogP contribution in [-0.2, 0) is 18.6 Å². The molecule has 0 aliphatic carbocycles. The lowest BCUT2D eigenvalue weighted by molar-refractivity contribution is -0.140. The predicted octanol–water partition coefficient (Wildman–Crippen LogP) is 7.84. The van der Waals surface area contributed by atoms with Gasteiger partial charge in [-0.1, -0.05) is 58.2 Å². The van der Waals surface area contributed by atoms with Crippen molar-refractivity contribution in [2.24, 2.45) is 0 Å². The topological polar surface area (TPSA) is 160 Å². The van der Waals surface area contributed by atoms with Crippen LogP contribution in [0.5, 0.6) is 0 Å². The number of carbonyl (C=O) groups excluding carboxylic acids is 1. The van der Waals surface area contributed by atoms with Crippen LogP contribution in [0.4, 0.5) is 14.6 Å². The first-order valence-electron chi connectivity index (χ1n) is 17.0. The fraction of sp³-hybridized carbons (Fsp3) is 0.583. The molecule has 0 spiro atoms. The molecule has 2 rings (SSSR count).